The molecule has 3 rings (SSSR count). The monoisotopic (exact) mass is 357 g/mol. The van der Waals surface area contributed by atoms with Gasteiger partial charge in [0.25, 0.3) is 0 Å². The zero-order valence-corrected chi connectivity index (χ0v) is 15.7. The molecule has 1 aromatic carbocycles. The number of benzene rings is 1. The Kier molecular flexibility index (Phi) is 5.30. The summed E-state index contributed by atoms with van der Waals surface area (Å²) in [6.07, 6.45) is 2.13. The zero-order chi connectivity index (χ0) is 18.8. The van der Waals surface area contributed by atoms with E-state index < -0.39 is 0 Å². The minimum absolute atomic E-state index is 0.105. The Labute approximate surface area is 154 Å². The molecule has 0 bridgehead atoms. The number of carbonyl (C=O) groups excluding carboxylic acids is 3. The number of hydrogen-bond acceptors (Lipinski definition) is 3. The molecule has 1 aliphatic heterocycles. The van der Waals surface area contributed by atoms with Crippen molar-refractivity contribution in [2.45, 2.75) is 45.6 Å². The molecule has 2 fully saturated rings. The van der Waals surface area contributed by atoms with E-state index in [1.165, 1.54) is 0 Å². The molecule has 3 atom stereocenters. The quantitative estimate of drug-likeness (QED) is 0.809. The molecule has 140 valence electrons. The van der Waals surface area contributed by atoms with Gasteiger partial charge in [0, 0.05) is 31.7 Å². The van der Waals surface area contributed by atoms with E-state index in [9.17, 15) is 14.4 Å². The molecule has 2 aliphatic rings. The van der Waals surface area contributed by atoms with Crippen LogP contribution in [0.25, 0.3) is 0 Å². The number of rotatable bonds is 4. The Morgan fingerprint density at radius 3 is 2.73 bits per heavy atom. The molecule has 1 saturated heterocycles. The van der Waals surface area contributed by atoms with Crippen molar-refractivity contribution >= 4 is 23.4 Å². The molecule has 6 heteroatoms. The molecule has 1 aromatic rings. The second-order valence-corrected chi connectivity index (χ2v) is 7.63. The summed E-state index contributed by atoms with van der Waals surface area (Å²) >= 11 is 0. The molecule has 2 N–H and O–H groups in total. The number of fused-ring (bicyclic) bond motifs is 1. The van der Waals surface area contributed by atoms with Gasteiger partial charge in [-0.2, -0.15) is 0 Å². The van der Waals surface area contributed by atoms with Crippen molar-refractivity contribution in [3.05, 3.63) is 29.3 Å². The SMILES string of the molecule is Cc1cccc(NC(=O)CC(=O)N(C)[C@H]2C[C@H]3CNC(=O)C[C@H]3C2)c1C. The topological polar surface area (TPSA) is 78.5 Å². The molecule has 0 radical (unpaired) electrons. The summed E-state index contributed by atoms with van der Waals surface area (Å²) in [5.41, 5.74) is 2.86. The smallest absolute Gasteiger partial charge is 0.233 e. The average Bonchev–Trinajstić information content (AvgIpc) is 3.01. The molecule has 0 aromatic heterocycles. The van der Waals surface area contributed by atoms with Gasteiger partial charge in [-0.05, 0) is 55.7 Å². The Morgan fingerprint density at radius 2 is 1.96 bits per heavy atom. The minimum Gasteiger partial charge on any atom is -0.356 e. The molecule has 3 amide bonds. The fraction of sp³-hybridized carbons (Fsp3) is 0.550. The molecule has 0 spiro atoms. The van der Waals surface area contributed by atoms with E-state index in [0.29, 0.717) is 24.8 Å². The maximum Gasteiger partial charge on any atom is 0.233 e. The standard InChI is InChI=1S/C20H27N3O3/c1-12-5-4-6-17(13(12)2)22-19(25)10-20(26)23(3)16-7-14-9-18(24)21-11-15(14)8-16/h4-6,14-16H,7-11H2,1-3H3,(H,21,24)(H,22,25)/t14-,15+,16-/m1/s1. The molecule has 1 aliphatic carbocycles. The van der Waals surface area contributed by atoms with Gasteiger partial charge in [-0.25, -0.2) is 0 Å². The summed E-state index contributed by atoms with van der Waals surface area (Å²) in [5, 5.41) is 5.75. The summed E-state index contributed by atoms with van der Waals surface area (Å²) < 4.78 is 0. The maximum absolute atomic E-state index is 12.5. The van der Waals surface area contributed by atoms with Gasteiger partial charge in [0.1, 0.15) is 6.42 Å². The molecule has 0 unspecified atom stereocenters. The van der Waals surface area contributed by atoms with E-state index in [2.05, 4.69) is 10.6 Å². The molecular formula is C20H27N3O3. The van der Waals surface area contributed by atoms with Gasteiger partial charge in [0.15, 0.2) is 0 Å². The van der Waals surface area contributed by atoms with Crippen molar-refractivity contribution in [1.82, 2.24) is 10.2 Å². The van der Waals surface area contributed by atoms with Crippen LogP contribution in [0.3, 0.4) is 0 Å². The van der Waals surface area contributed by atoms with Crippen molar-refractivity contribution in [3.8, 4) is 0 Å². The van der Waals surface area contributed by atoms with Crippen LogP contribution in [0.2, 0.25) is 0 Å². The lowest BCUT2D eigenvalue weighted by Gasteiger charge is -2.24. The number of carbonyl (C=O) groups is 3. The first-order valence-electron chi connectivity index (χ1n) is 9.23. The Morgan fingerprint density at radius 1 is 1.23 bits per heavy atom. The van der Waals surface area contributed by atoms with E-state index in [1.807, 2.05) is 32.0 Å². The van der Waals surface area contributed by atoms with Crippen LogP contribution in [-0.4, -0.2) is 42.3 Å². The summed E-state index contributed by atoms with van der Waals surface area (Å²) in [7, 11) is 1.77. The van der Waals surface area contributed by atoms with Gasteiger partial charge in [-0.1, -0.05) is 12.1 Å². The third-order valence-corrected chi connectivity index (χ3v) is 5.96. The lowest BCUT2D eigenvalue weighted by atomic mass is 9.89. The van der Waals surface area contributed by atoms with Crippen LogP contribution in [0.4, 0.5) is 5.69 Å². The number of piperidine rings is 1. The normalized spacial score (nSPS) is 24.6. The summed E-state index contributed by atoms with van der Waals surface area (Å²) in [5.74, 6) is 0.441. The number of amides is 3. The largest absolute Gasteiger partial charge is 0.356 e. The lowest BCUT2D eigenvalue weighted by Crippen LogP contribution is -2.38. The van der Waals surface area contributed by atoms with Crippen LogP contribution < -0.4 is 10.6 Å². The van der Waals surface area contributed by atoms with Crippen LogP contribution in [-0.2, 0) is 14.4 Å². The lowest BCUT2D eigenvalue weighted by molar-refractivity contribution is -0.135. The van der Waals surface area contributed by atoms with Gasteiger partial charge in [-0.15, -0.1) is 0 Å². The summed E-state index contributed by atoms with van der Waals surface area (Å²) in [6.45, 7) is 4.65. The van der Waals surface area contributed by atoms with Crippen LogP contribution in [0, 0.1) is 25.7 Å². The highest BCUT2D eigenvalue weighted by Gasteiger charge is 2.40. The number of hydrogen-bond donors (Lipinski definition) is 2. The van der Waals surface area contributed by atoms with Gasteiger partial charge in [-0.3, -0.25) is 14.4 Å². The number of anilines is 1. The first-order chi connectivity index (χ1) is 12.3. The minimum atomic E-state index is -0.289. The van der Waals surface area contributed by atoms with Crippen molar-refractivity contribution in [2.75, 3.05) is 18.9 Å². The summed E-state index contributed by atoms with van der Waals surface area (Å²) in [6, 6.07) is 5.84. The van der Waals surface area contributed by atoms with E-state index in [1.54, 1.807) is 11.9 Å². The Hall–Kier alpha value is -2.37. The summed E-state index contributed by atoms with van der Waals surface area (Å²) in [4.78, 5) is 38.1. The van der Waals surface area contributed by atoms with Crippen LogP contribution in [0.5, 0.6) is 0 Å². The van der Waals surface area contributed by atoms with Gasteiger partial charge >= 0.3 is 0 Å². The van der Waals surface area contributed by atoms with Crippen molar-refractivity contribution < 1.29 is 14.4 Å². The third-order valence-electron chi connectivity index (χ3n) is 5.96. The Balaban J connectivity index is 1.55. The highest BCUT2D eigenvalue weighted by atomic mass is 16.2. The fourth-order valence-corrected chi connectivity index (χ4v) is 4.10. The number of nitrogens with one attached hydrogen (secondary N) is 2. The van der Waals surface area contributed by atoms with E-state index in [-0.39, 0.29) is 30.2 Å². The molecule has 1 heterocycles. The predicted molar refractivity (Wildman–Crippen MR) is 99.6 cm³/mol. The van der Waals surface area contributed by atoms with Crippen LogP contribution in [0.1, 0.15) is 36.8 Å². The predicted octanol–water partition coefficient (Wildman–Crippen LogP) is 2.01. The fourth-order valence-electron chi connectivity index (χ4n) is 4.10. The highest BCUT2D eigenvalue weighted by Crippen LogP contribution is 2.38. The van der Waals surface area contributed by atoms with Gasteiger partial charge in [0.2, 0.25) is 17.7 Å². The molecule has 26 heavy (non-hydrogen) atoms. The molecule has 1 saturated carbocycles. The first kappa shape index (κ1) is 18.4. The highest BCUT2D eigenvalue weighted by molar-refractivity contribution is 6.03. The van der Waals surface area contributed by atoms with Gasteiger partial charge < -0.3 is 15.5 Å². The second kappa shape index (κ2) is 7.48. The van der Waals surface area contributed by atoms with Crippen molar-refractivity contribution in [2.24, 2.45) is 11.8 Å². The molecular weight excluding hydrogens is 330 g/mol. The first-order valence-corrected chi connectivity index (χ1v) is 9.23. The van der Waals surface area contributed by atoms with E-state index in [0.717, 1.165) is 29.7 Å². The number of aryl methyl sites for hydroxylation is 1. The zero-order valence-electron chi connectivity index (χ0n) is 15.7. The van der Waals surface area contributed by atoms with Crippen molar-refractivity contribution in [3.63, 3.8) is 0 Å². The van der Waals surface area contributed by atoms with Crippen LogP contribution in [0.15, 0.2) is 18.2 Å². The average molecular weight is 357 g/mol. The van der Waals surface area contributed by atoms with Crippen molar-refractivity contribution in [1.29, 1.82) is 0 Å². The van der Waals surface area contributed by atoms with Crippen LogP contribution >= 0.6 is 0 Å². The van der Waals surface area contributed by atoms with Gasteiger partial charge in [0.05, 0.1) is 0 Å². The number of nitrogens with zero attached hydrogens (tertiary/aromatic N) is 1. The third kappa shape index (κ3) is 3.89. The second-order valence-electron chi connectivity index (χ2n) is 7.63. The maximum atomic E-state index is 12.5. The Bertz CT molecular complexity index is 731. The molecule has 6 nitrogen and oxygen atoms in total. The van der Waals surface area contributed by atoms with E-state index in [4.69, 9.17) is 0 Å². The van der Waals surface area contributed by atoms with E-state index >= 15 is 0 Å².